The summed E-state index contributed by atoms with van der Waals surface area (Å²) in [7, 11) is 0. The largest absolute Gasteiger partial charge is 0.330 e. The molecule has 1 saturated carbocycles. The summed E-state index contributed by atoms with van der Waals surface area (Å²) in [6.07, 6.45) is 6.26. The fourth-order valence-corrected chi connectivity index (χ4v) is 2.34. The number of imidazole rings is 1. The van der Waals surface area contributed by atoms with E-state index in [1.165, 1.54) is 24.6 Å². The number of hydrogen-bond donors (Lipinski definition) is 1. The lowest BCUT2D eigenvalue weighted by molar-refractivity contribution is 0.514. The molecule has 2 aromatic rings. The Morgan fingerprint density at radius 1 is 1.42 bits per heavy atom. The van der Waals surface area contributed by atoms with Crippen molar-refractivity contribution in [2.24, 2.45) is 0 Å². The zero-order chi connectivity index (χ0) is 13.2. The van der Waals surface area contributed by atoms with Crippen molar-refractivity contribution < 1.29 is 4.39 Å². The van der Waals surface area contributed by atoms with E-state index >= 15 is 0 Å². The molecule has 1 atom stereocenters. The number of benzene rings is 1. The van der Waals surface area contributed by atoms with E-state index in [0.29, 0.717) is 18.2 Å². The van der Waals surface area contributed by atoms with Crippen molar-refractivity contribution in [2.75, 3.05) is 0 Å². The van der Waals surface area contributed by atoms with Gasteiger partial charge in [0.15, 0.2) is 0 Å². The second-order valence-corrected chi connectivity index (χ2v) is 5.15. The highest BCUT2D eigenvalue weighted by Gasteiger charge is 2.25. The molecule has 0 amide bonds. The Kier molecular flexibility index (Phi) is 3.34. The Morgan fingerprint density at radius 2 is 2.21 bits per heavy atom. The van der Waals surface area contributed by atoms with Crippen LogP contribution in [0.25, 0.3) is 0 Å². The maximum atomic E-state index is 13.7. The van der Waals surface area contributed by atoms with E-state index in [1.807, 2.05) is 31.6 Å². The van der Waals surface area contributed by atoms with Gasteiger partial charge in [0, 0.05) is 30.4 Å². The number of rotatable bonds is 5. The van der Waals surface area contributed by atoms with Crippen LogP contribution in [0.5, 0.6) is 0 Å². The maximum absolute atomic E-state index is 13.7. The summed E-state index contributed by atoms with van der Waals surface area (Å²) in [6, 6.07) is 7.53. The van der Waals surface area contributed by atoms with Gasteiger partial charge in [-0.3, -0.25) is 0 Å². The van der Waals surface area contributed by atoms with Gasteiger partial charge in [-0.05, 0) is 25.8 Å². The van der Waals surface area contributed by atoms with Crippen molar-refractivity contribution in [3.05, 3.63) is 53.9 Å². The average molecular weight is 259 g/mol. The van der Waals surface area contributed by atoms with Crippen LogP contribution in [0.2, 0.25) is 0 Å². The van der Waals surface area contributed by atoms with Gasteiger partial charge in [0.2, 0.25) is 0 Å². The molecule has 3 rings (SSSR count). The molecule has 1 aliphatic rings. The smallest absolute Gasteiger partial charge is 0.127 e. The molecule has 1 aromatic heterocycles. The summed E-state index contributed by atoms with van der Waals surface area (Å²) in [5.41, 5.74) is 1.88. The molecule has 0 aliphatic heterocycles. The zero-order valence-corrected chi connectivity index (χ0v) is 11.0. The normalized spacial score (nSPS) is 16.5. The van der Waals surface area contributed by atoms with E-state index < -0.39 is 0 Å². The molecule has 3 nitrogen and oxygen atoms in total. The van der Waals surface area contributed by atoms with E-state index in [9.17, 15) is 4.39 Å². The second kappa shape index (κ2) is 5.13. The Balaban J connectivity index is 1.65. The molecule has 19 heavy (non-hydrogen) atoms. The number of hydrogen-bond acceptors (Lipinski definition) is 2. The SMILES string of the molecule is C[C@@H](NCc1cncn1C1CC1)c1ccccc1F. The van der Waals surface area contributed by atoms with Crippen LogP contribution >= 0.6 is 0 Å². The van der Waals surface area contributed by atoms with E-state index in [-0.39, 0.29) is 11.9 Å². The lowest BCUT2D eigenvalue weighted by Crippen LogP contribution is -2.20. The summed E-state index contributed by atoms with van der Waals surface area (Å²) < 4.78 is 15.9. The van der Waals surface area contributed by atoms with Gasteiger partial charge in [-0.15, -0.1) is 0 Å². The molecular weight excluding hydrogens is 241 g/mol. The van der Waals surface area contributed by atoms with Crippen molar-refractivity contribution in [3.63, 3.8) is 0 Å². The monoisotopic (exact) mass is 259 g/mol. The summed E-state index contributed by atoms with van der Waals surface area (Å²) in [5, 5.41) is 3.36. The third-order valence-corrected chi connectivity index (χ3v) is 3.65. The minimum atomic E-state index is -0.154. The maximum Gasteiger partial charge on any atom is 0.127 e. The van der Waals surface area contributed by atoms with Crippen molar-refractivity contribution in [2.45, 2.75) is 38.4 Å². The highest BCUT2D eigenvalue weighted by Crippen LogP contribution is 2.35. The summed E-state index contributed by atoms with van der Waals surface area (Å²) in [5.74, 6) is -0.154. The van der Waals surface area contributed by atoms with Gasteiger partial charge in [-0.1, -0.05) is 18.2 Å². The fourth-order valence-electron chi connectivity index (χ4n) is 2.34. The van der Waals surface area contributed by atoms with Crippen molar-refractivity contribution in [1.29, 1.82) is 0 Å². The minimum absolute atomic E-state index is 0.0104. The van der Waals surface area contributed by atoms with Gasteiger partial charge in [-0.25, -0.2) is 9.37 Å². The van der Waals surface area contributed by atoms with Gasteiger partial charge < -0.3 is 9.88 Å². The van der Waals surface area contributed by atoms with Gasteiger partial charge in [0.25, 0.3) is 0 Å². The molecule has 1 aliphatic carbocycles. The lowest BCUT2D eigenvalue weighted by atomic mass is 10.1. The van der Waals surface area contributed by atoms with Crippen LogP contribution in [-0.4, -0.2) is 9.55 Å². The van der Waals surface area contributed by atoms with Crippen molar-refractivity contribution in [1.82, 2.24) is 14.9 Å². The molecule has 1 fully saturated rings. The molecule has 1 aromatic carbocycles. The quantitative estimate of drug-likeness (QED) is 0.893. The zero-order valence-electron chi connectivity index (χ0n) is 11.0. The Hall–Kier alpha value is -1.68. The molecule has 0 unspecified atom stereocenters. The van der Waals surface area contributed by atoms with Crippen LogP contribution in [-0.2, 0) is 6.54 Å². The number of nitrogens with zero attached hydrogens (tertiary/aromatic N) is 2. The third-order valence-electron chi connectivity index (χ3n) is 3.65. The molecule has 1 heterocycles. The average Bonchev–Trinajstić information content (AvgIpc) is 3.15. The molecule has 4 heteroatoms. The van der Waals surface area contributed by atoms with Gasteiger partial charge >= 0.3 is 0 Å². The first-order valence-corrected chi connectivity index (χ1v) is 6.74. The lowest BCUT2D eigenvalue weighted by Gasteiger charge is -2.15. The van der Waals surface area contributed by atoms with Crippen LogP contribution in [0, 0.1) is 5.82 Å². The van der Waals surface area contributed by atoms with E-state index in [4.69, 9.17) is 0 Å². The molecule has 0 saturated heterocycles. The highest BCUT2D eigenvalue weighted by atomic mass is 19.1. The standard InChI is InChI=1S/C15H18FN3/c1-11(14-4-2-3-5-15(14)16)18-9-13-8-17-10-19(13)12-6-7-12/h2-5,8,10-12,18H,6-7,9H2,1H3/t11-/m1/s1. The second-order valence-electron chi connectivity index (χ2n) is 5.15. The predicted molar refractivity (Wildman–Crippen MR) is 72.2 cm³/mol. The first kappa shape index (κ1) is 12.4. The van der Waals surface area contributed by atoms with Crippen molar-refractivity contribution >= 4 is 0 Å². The molecule has 0 radical (unpaired) electrons. The van der Waals surface area contributed by atoms with Crippen LogP contribution in [0.4, 0.5) is 4.39 Å². The fraction of sp³-hybridized carbons (Fsp3) is 0.400. The molecule has 0 spiro atoms. The third kappa shape index (κ3) is 2.68. The summed E-state index contributed by atoms with van der Waals surface area (Å²) in [6.45, 7) is 2.70. The van der Waals surface area contributed by atoms with E-state index in [1.54, 1.807) is 6.07 Å². The topological polar surface area (TPSA) is 29.9 Å². The van der Waals surface area contributed by atoms with Gasteiger partial charge in [0.1, 0.15) is 5.82 Å². The highest BCUT2D eigenvalue weighted by molar-refractivity contribution is 5.20. The summed E-state index contributed by atoms with van der Waals surface area (Å²) >= 11 is 0. The molecule has 0 bridgehead atoms. The van der Waals surface area contributed by atoms with E-state index in [2.05, 4.69) is 14.9 Å². The number of halogens is 1. The van der Waals surface area contributed by atoms with Gasteiger partial charge in [0.05, 0.1) is 12.0 Å². The first-order chi connectivity index (χ1) is 9.25. The van der Waals surface area contributed by atoms with Crippen LogP contribution in [0.3, 0.4) is 0 Å². The van der Waals surface area contributed by atoms with Crippen LogP contribution in [0.1, 0.15) is 43.1 Å². The van der Waals surface area contributed by atoms with E-state index in [0.717, 1.165) is 0 Å². The Morgan fingerprint density at radius 3 is 2.95 bits per heavy atom. The van der Waals surface area contributed by atoms with Gasteiger partial charge in [-0.2, -0.15) is 0 Å². The molecule has 100 valence electrons. The van der Waals surface area contributed by atoms with Crippen LogP contribution < -0.4 is 5.32 Å². The molecule has 1 N–H and O–H groups in total. The minimum Gasteiger partial charge on any atom is -0.330 e. The Labute approximate surface area is 112 Å². The van der Waals surface area contributed by atoms with Crippen molar-refractivity contribution in [3.8, 4) is 0 Å². The number of aromatic nitrogens is 2. The number of nitrogens with one attached hydrogen (secondary N) is 1. The molecular formula is C15H18FN3. The van der Waals surface area contributed by atoms with Crippen LogP contribution in [0.15, 0.2) is 36.8 Å². The first-order valence-electron chi connectivity index (χ1n) is 6.74. The summed E-state index contributed by atoms with van der Waals surface area (Å²) in [4.78, 5) is 4.20. The predicted octanol–water partition coefficient (Wildman–Crippen LogP) is 3.21. The Bertz CT molecular complexity index is 560.